The summed E-state index contributed by atoms with van der Waals surface area (Å²) in [6.07, 6.45) is 3.26. The van der Waals surface area contributed by atoms with E-state index in [0.29, 0.717) is 13.0 Å². The predicted molar refractivity (Wildman–Crippen MR) is 69.2 cm³/mol. The number of aliphatic hydroxyl groups is 1. The van der Waals surface area contributed by atoms with E-state index in [1.165, 1.54) is 17.3 Å². The van der Waals surface area contributed by atoms with Crippen molar-refractivity contribution in [3.05, 3.63) is 48.1 Å². The van der Waals surface area contributed by atoms with Crippen LogP contribution in [0.15, 0.2) is 30.9 Å². The van der Waals surface area contributed by atoms with Gasteiger partial charge >= 0.3 is 0 Å². The highest BCUT2D eigenvalue weighted by Crippen LogP contribution is 2.41. The molecular formula is C14H15F2N3O2. The van der Waals surface area contributed by atoms with Crippen LogP contribution in [-0.2, 0) is 16.9 Å². The van der Waals surface area contributed by atoms with Crippen molar-refractivity contribution in [1.29, 1.82) is 0 Å². The summed E-state index contributed by atoms with van der Waals surface area (Å²) in [5.41, 5.74) is -0.901. The highest BCUT2D eigenvalue weighted by atomic mass is 19.1. The molecule has 112 valence electrons. The molecular weight excluding hydrogens is 280 g/mol. The summed E-state index contributed by atoms with van der Waals surface area (Å²) in [6.45, 7) is 0.446. The number of hydrogen-bond acceptors (Lipinski definition) is 4. The van der Waals surface area contributed by atoms with Crippen LogP contribution in [0.25, 0.3) is 0 Å². The molecule has 1 N–H and O–H groups in total. The Morgan fingerprint density at radius 3 is 2.95 bits per heavy atom. The molecule has 1 aliphatic heterocycles. The highest BCUT2D eigenvalue weighted by Gasteiger charge is 2.44. The summed E-state index contributed by atoms with van der Waals surface area (Å²) in [4.78, 5) is 3.85. The van der Waals surface area contributed by atoms with Gasteiger partial charge in [-0.15, -0.1) is 0 Å². The normalized spacial score (nSPS) is 25.4. The van der Waals surface area contributed by atoms with Gasteiger partial charge in [-0.25, -0.2) is 18.4 Å². The van der Waals surface area contributed by atoms with E-state index >= 15 is 0 Å². The number of hydrogen-bond donors (Lipinski definition) is 1. The number of nitrogens with zero attached hydrogens (tertiary/aromatic N) is 3. The minimum Gasteiger partial charge on any atom is -0.396 e. The molecule has 1 aliphatic rings. The first-order valence-electron chi connectivity index (χ1n) is 6.66. The Balaban J connectivity index is 2.02. The van der Waals surface area contributed by atoms with Crippen molar-refractivity contribution in [1.82, 2.24) is 14.8 Å². The lowest BCUT2D eigenvalue weighted by Crippen LogP contribution is -2.32. The predicted octanol–water partition coefficient (Wildman–Crippen LogP) is 1.48. The minimum absolute atomic E-state index is 0.0595. The van der Waals surface area contributed by atoms with Crippen molar-refractivity contribution in [2.24, 2.45) is 5.92 Å². The smallest absolute Gasteiger partial charge is 0.137 e. The van der Waals surface area contributed by atoms with Gasteiger partial charge < -0.3 is 9.84 Å². The molecule has 0 spiro atoms. The van der Waals surface area contributed by atoms with Crippen LogP contribution in [-0.4, -0.2) is 33.1 Å². The molecule has 0 saturated carbocycles. The molecule has 1 aromatic carbocycles. The molecule has 2 atom stereocenters. The number of aliphatic hydroxyl groups excluding tert-OH is 1. The molecule has 0 amide bonds. The molecule has 1 fully saturated rings. The Morgan fingerprint density at radius 2 is 2.29 bits per heavy atom. The van der Waals surface area contributed by atoms with Gasteiger partial charge in [0.15, 0.2) is 0 Å². The Labute approximate surface area is 120 Å². The quantitative estimate of drug-likeness (QED) is 0.928. The lowest BCUT2D eigenvalue weighted by Gasteiger charge is -2.29. The van der Waals surface area contributed by atoms with E-state index in [1.807, 2.05) is 0 Å². The molecule has 0 bridgehead atoms. The maximum absolute atomic E-state index is 14.2. The van der Waals surface area contributed by atoms with Gasteiger partial charge in [-0.3, -0.25) is 0 Å². The number of rotatable bonds is 4. The van der Waals surface area contributed by atoms with Crippen molar-refractivity contribution in [3.63, 3.8) is 0 Å². The average Bonchev–Trinajstić information content (AvgIpc) is 3.12. The van der Waals surface area contributed by atoms with E-state index < -0.39 is 17.2 Å². The van der Waals surface area contributed by atoms with Crippen LogP contribution < -0.4 is 0 Å². The summed E-state index contributed by atoms with van der Waals surface area (Å²) >= 11 is 0. The third-order valence-electron chi connectivity index (χ3n) is 3.78. The maximum atomic E-state index is 14.2. The maximum Gasteiger partial charge on any atom is 0.137 e. The van der Waals surface area contributed by atoms with Gasteiger partial charge in [0.1, 0.15) is 29.9 Å². The van der Waals surface area contributed by atoms with Crippen LogP contribution in [0.5, 0.6) is 0 Å². The van der Waals surface area contributed by atoms with Crippen LogP contribution in [0.1, 0.15) is 12.0 Å². The zero-order valence-corrected chi connectivity index (χ0v) is 11.2. The third-order valence-corrected chi connectivity index (χ3v) is 3.78. The van der Waals surface area contributed by atoms with Crippen LogP contribution in [0.3, 0.4) is 0 Å². The van der Waals surface area contributed by atoms with Gasteiger partial charge in [0.2, 0.25) is 0 Å². The number of aromatic nitrogens is 3. The zero-order chi connectivity index (χ0) is 14.9. The van der Waals surface area contributed by atoms with Crippen molar-refractivity contribution < 1.29 is 18.6 Å². The van der Waals surface area contributed by atoms with Gasteiger partial charge in [-0.05, 0) is 24.6 Å². The summed E-state index contributed by atoms with van der Waals surface area (Å²) in [5, 5.41) is 13.3. The first-order valence-corrected chi connectivity index (χ1v) is 6.66. The second-order valence-corrected chi connectivity index (χ2v) is 5.28. The monoisotopic (exact) mass is 295 g/mol. The highest BCUT2D eigenvalue weighted by molar-refractivity contribution is 5.26. The van der Waals surface area contributed by atoms with E-state index in [-0.39, 0.29) is 24.6 Å². The summed E-state index contributed by atoms with van der Waals surface area (Å²) in [6, 6.07) is 3.30. The second-order valence-electron chi connectivity index (χ2n) is 5.28. The van der Waals surface area contributed by atoms with Crippen LogP contribution in [0.2, 0.25) is 0 Å². The number of ether oxygens (including phenoxy) is 1. The topological polar surface area (TPSA) is 60.2 Å². The Bertz CT molecular complexity index is 621. The second kappa shape index (κ2) is 5.50. The fourth-order valence-corrected chi connectivity index (χ4v) is 2.78. The number of benzene rings is 1. The molecule has 1 saturated heterocycles. The van der Waals surface area contributed by atoms with Crippen molar-refractivity contribution in [3.8, 4) is 0 Å². The van der Waals surface area contributed by atoms with E-state index in [1.54, 1.807) is 0 Å². The lowest BCUT2D eigenvalue weighted by molar-refractivity contribution is -0.0209. The molecule has 5 nitrogen and oxygen atoms in total. The van der Waals surface area contributed by atoms with E-state index in [0.717, 1.165) is 18.2 Å². The molecule has 3 rings (SSSR count). The molecule has 21 heavy (non-hydrogen) atoms. The molecule has 0 radical (unpaired) electrons. The Kier molecular flexibility index (Phi) is 3.69. The lowest BCUT2D eigenvalue weighted by atomic mass is 9.87. The number of halogens is 2. The fraction of sp³-hybridized carbons (Fsp3) is 0.429. The first kappa shape index (κ1) is 14.1. The van der Waals surface area contributed by atoms with E-state index in [2.05, 4.69) is 10.1 Å². The van der Waals surface area contributed by atoms with E-state index in [9.17, 15) is 13.9 Å². The fourth-order valence-electron chi connectivity index (χ4n) is 2.78. The zero-order valence-electron chi connectivity index (χ0n) is 11.2. The minimum atomic E-state index is -1.05. The Morgan fingerprint density at radius 1 is 1.43 bits per heavy atom. The molecule has 7 heteroatoms. The van der Waals surface area contributed by atoms with Crippen LogP contribution in [0, 0.1) is 17.6 Å². The molecule has 1 aromatic heterocycles. The molecule has 2 heterocycles. The van der Waals surface area contributed by atoms with Crippen molar-refractivity contribution in [2.45, 2.75) is 18.6 Å². The van der Waals surface area contributed by atoms with Crippen LogP contribution in [0.4, 0.5) is 8.78 Å². The first-order chi connectivity index (χ1) is 10.1. The van der Waals surface area contributed by atoms with Crippen LogP contribution >= 0.6 is 0 Å². The van der Waals surface area contributed by atoms with Crippen molar-refractivity contribution >= 4 is 0 Å². The standard InChI is InChI=1S/C14H15F2N3O2/c15-11-1-2-13(16)12(3-11)14(4-10(5-20)6-21-14)7-19-9-17-8-18-19/h1-3,8-10,20H,4-7H2/t10-,14+/m1/s1. The largest absolute Gasteiger partial charge is 0.396 e. The van der Waals surface area contributed by atoms with Crippen molar-refractivity contribution in [2.75, 3.05) is 13.2 Å². The summed E-state index contributed by atoms with van der Waals surface area (Å²) < 4.78 is 35.0. The van der Waals surface area contributed by atoms with Gasteiger partial charge in [0.25, 0.3) is 0 Å². The van der Waals surface area contributed by atoms with Gasteiger partial charge in [-0.1, -0.05) is 0 Å². The molecule has 0 unspecified atom stereocenters. The van der Waals surface area contributed by atoms with E-state index in [4.69, 9.17) is 4.74 Å². The van der Waals surface area contributed by atoms with Gasteiger partial charge in [0, 0.05) is 18.1 Å². The Hall–Kier alpha value is -1.86. The van der Waals surface area contributed by atoms with Gasteiger partial charge in [-0.2, -0.15) is 5.10 Å². The van der Waals surface area contributed by atoms with Gasteiger partial charge in [0.05, 0.1) is 13.2 Å². The summed E-state index contributed by atoms with van der Waals surface area (Å²) in [7, 11) is 0. The molecule has 0 aliphatic carbocycles. The average molecular weight is 295 g/mol. The third kappa shape index (κ3) is 2.66. The summed E-state index contributed by atoms with van der Waals surface area (Å²) in [5.74, 6) is -1.17. The SMILES string of the molecule is OC[C@@H]1CO[C@@](Cn2cncn2)(c2cc(F)ccc2F)C1. The molecule has 2 aromatic rings.